The third-order valence-corrected chi connectivity index (χ3v) is 5.80. The second-order valence-corrected chi connectivity index (χ2v) is 7.90. The van der Waals surface area contributed by atoms with Crippen molar-refractivity contribution in [1.82, 2.24) is 34.6 Å². The molecule has 9 nitrogen and oxygen atoms in total. The van der Waals surface area contributed by atoms with Gasteiger partial charge < -0.3 is 9.32 Å². The highest BCUT2D eigenvalue weighted by molar-refractivity contribution is 5.62. The molecule has 0 bridgehead atoms. The molecule has 0 N–H and O–H groups in total. The Morgan fingerprint density at radius 1 is 1.09 bits per heavy atom. The number of rotatable bonds is 4. The Hall–Kier alpha value is -4.15. The summed E-state index contributed by atoms with van der Waals surface area (Å²) in [6, 6.07) is 5.11. The van der Waals surface area contributed by atoms with Crippen molar-refractivity contribution < 1.29 is 13.2 Å². The second kappa shape index (κ2) is 7.47. The average molecular weight is 448 g/mol. The lowest BCUT2D eigenvalue weighted by Gasteiger charge is -2.26. The van der Waals surface area contributed by atoms with Crippen molar-refractivity contribution >= 4 is 11.5 Å². The number of fused-ring (bicyclic) bond motifs is 1. The Labute approximate surface area is 186 Å². The van der Waals surface area contributed by atoms with Gasteiger partial charge in [-0.1, -0.05) is 0 Å². The van der Waals surface area contributed by atoms with Crippen molar-refractivity contribution in [2.45, 2.75) is 25.8 Å². The zero-order chi connectivity index (χ0) is 22.5. The van der Waals surface area contributed by atoms with Gasteiger partial charge in [0, 0.05) is 31.4 Å². The van der Waals surface area contributed by atoms with Gasteiger partial charge in [-0.15, -0.1) is 10.2 Å². The van der Waals surface area contributed by atoms with E-state index in [-0.39, 0.29) is 6.04 Å². The fourth-order valence-electron chi connectivity index (χ4n) is 4.28. The molecule has 0 radical (unpaired) electrons. The molecule has 11 heteroatoms. The summed E-state index contributed by atoms with van der Waals surface area (Å²) in [6.07, 6.45) is 8.42. The molecule has 1 aromatic carbocycles. The van der Waals surface area contributed by atoms with Crippen LogP contribution in [0.5, 0.6) is 0 Å². The van der Waals surface area contributed by atoms with Gasteiger partial charge in [0.05, 0.1) is 24.0 Å². The van der Waals surface area contributed by atoms with Crippen LogP contribution in [0.1, 0.15) is 30.3 Å². The van der Waals surface area contributed by atoms with Gasteiger partial charge in [0.1, 0.15) is 23.1 Å². The first-order valence-electron chi connectivity index (χ1n) is 10.5. The van der Waals surface area contributed by atoms with Gasteiger partial charge in [-0.05, 0) is 37.1 Å². The summed E-state index contributed by atoms with van der Waals surface area (Å²) < 4.78 is 37.1. The molecule has 0 amide bonds. The quantitative estimate of drug-likeness (QED) is 0.412. The van der Waals surface area contributed by atoms with E-state index in [2.05, 4.69) is 20.4 Å². The summed E-state index contributed by atoms with van der Waals surface area (Å²) in [7, 11) is 0. The van der Waals surface area contributed by atoms with Gasteiger partial charge in [-0.2, -0.15) is 10.2 Å². The van der Waals surface area contributed by atoms with Gasteiger partial charge in [-0.3, -0.25) is 0 Å². The normalized spacial score (nSPS) is 16.2. The first-order valence-corrected chi connectivity index (χ1v) is 10.5. The summed E-state index contributed by atoms with van der Waals surface area (Å²) in [5.41, 5.74) is 2.25. The molecule has 1 fully saturated rings. The van der Waals surface area contributed by atoms with Crippen LogP contribution in [0.15, 0.2) is 53.5 Å². The van der Waals surface area contributed by atoms with Crippen molar-refractivity contribution in [3.05, 3.63) is 72.1 Å². The average Bonchev–Trinajstić information content (AvgIpc) is 3.60. The smallest absolute Gasteiger partial charge is 0.250 e. The molecule has 1 saturated heterocycles. The Bertz CT molecular complexity index is 1470. The molecule has 5 aromatic rings. The highest BCUT2D eigenvalue weighted by Gasteiger charge is 2.30. The van der Waals surface area contributed by atoms with Crippen molar-refractivity contribution in [1.29, 1.82) is 0 Å². The molecule has 33 heavy (non-hydrogen) atoms. The van der Waals surface area contributed by atoms with Crippen LogP contribution in [-0.2, 0) is 0 Å². The summed E-state index contributed by atoms with van der Waals surface area (Å²) in [5.74, 6) is 0.636. The number of benzene rings is 1. The molecule has 0 spiro atoms. The summed E-state index contributed by atoms with van der Waals surface area (Å²) in [6.45, 7) is 2.41. The Balaban J connectivity index is 1.38. The summed E-state index contributed by atoms with van der Waals surface area (Å²) in [5, 5.41) is 16.6. The van der Waals surface area contributed by atoms with Crippen molar-refractivity contribution in [2.75, 3.05) is 11.4 Å². The number of hydrogen-bond donors (Lipinski definition) is 0. The van der Waals surface area contributed by atoms with Crippen LogP contribution in [0.25, 0.3) is 22.8 Å². The lowest BCUT2D eigenvalue weighted by Crippen LogP contribution is -2.24. The van der Waals surface area contributed by atoms with E-state index in [1.807, 2.05) is 11.0 Å². The number of halogens is 2. The number of aromatic nitrogens is 7. The third kappa shape index (κ3) is 3.32. The molecular weight excluding hydrogens is 430 g/mol. The Kier molecular flexibility index (Phi) is 4.42. The van der Waals surface area contributed by atoms with E-state index in [1.165, 1.54) is 12.1 Å². The Morgan fingerprint density at radius 2 is 2.00 bits per heavy atom. The van der Waals surface area contributed by atoms with E-state index in [4.69, 9.17) is 9.40 Å². The minimum Gasteiger partial charge on any atom is -0.421 e. The standard InChI is InChI=1S/C22H18F2N8O/c1-13-28-29-22(33-13)14-10-25-32(12-14)19-11-26-31-8-6-20(27-21(19)31)30-7-2-3-18(30)16-9-15(23)4-5-17(16)24/h4-6,8-12,18H,2-3,7H2,1H3/t18-/m0/s1. The minimum atomic E-state index is -0.453. The van der Waals surface area contributed by atoms with Crippen LogP contribution < -0.4 is 4.90 Å². The molecule has 1 aliphatic rings. The van der Waals surface area contributed by atoms with Crippen LogP contribution in [0.4, 0.5) is 14.6 Å². The largest absolute Gasteiger partial charge is 0.421 e. The molecule has 5 heterocycles. The van der Waals surface area contributed by atoms with E-state index in [1.54, 1.807) is 40.9 Å². The molecule has 6 rings (SSSR count). The van der Waals surface area contributed by atoms with Crippen LogP contribution in [0.3, 0.4) is 0 Å². The van der Waals surface area contributed by atoms with Crippen LogP contribution in [-0.4, -0.2) is 41.1 Å². The third-order valence-electron chi connectivity index (χ3n) is 5.80. The minimum absolute atomic E-state index is 0.293. The number of hydrogen-bond acceptors (Lipinski definition) is 7. The molecule has 4 aromatic heterocycles. The lowest BCUT2D eigenvalue weighted by molar-refractivity contribution is 0.533. The van der Waals surface area contributed by atoms with Crippen molar-refractivity contribution in [3.63, 3.8) is 0 Å². The monoisotopic (exact) mass is 448 g/mol. The fraction of sp³-hybridized carbons (Fsp3) is 0.227. The van der Waals surface area contributed by atoms with E-state index < -0.39 is 11.6 Å². The van der Waals surface area contributed by atoms with Crippen LogP contribution >= 0.6 is 0 Å². The van der Waals surface area contributed by atoms with E-state index >= 15 is 0 Å². The number of aryl methyl sites for hydroxylation is 1. The zero-order valence-corrected chi connectivity index (χ0v) is 17.6. The molecular formula is C22H18F2N8O. The van der Waals surface area contributed by atoms with Crippen molar-refractivity contribution in [3.8, 4) is 17.1 Å². The zero-order valence-electron chi connectivity index (χ0n) is 17.6. The van der Waals surface area contributed by atoms with Gasteiger partial charge in [0.2, 0.25) is 5.89 Å². The van der Waals surface area contributed by atoms with E-state index in [0.717, 1.165) is 12.5 Å². The van der Waals surface area contributed by atoms with Crippen molar-refractivity contribution in [2.24, 2.45) is 0 Å². The SMILES string of the molecule is Cc1nnc(-c2cnn(-c3cnn4ccc(N5CCC[C@H]5c5cc(F)ccc5F)nc34)c2)o1. The topological polar surface area (TPSA) is 90.2 Å². The maximum Gasteiger partial charge on any atom is 0.250 e. The van der Waals surface area contributed by atoms with E-state index in [9.17, 15) is 8.78 Å². The molecule has 0 aliphatic carbocycles. The van der Waals surface area contributed by atoms with Gasteiger partial charge in [-0.25, -0.2) is 23.0 Å². The second-order valence-electron chi connectivity index (χ2n) is 7.90. The summed E-state index contributed by atoms with van der Waals surface area (Å²) in [4.78, 5) is 6.81. The predicted molar refractivity (Wildman–Crippen MR) is 114 cm³/mol. The number of nitrogens with zero attached hydrogens (tertiary/aromatic N) is 8. The van der Waals surface area contributed by atoms with Crippen LogP contribution in [0, 0.1) is 18.6 Å². The fourth-order valence-corrected chi connectivity index (χ4v) is 4.28. The number of anilines is 1. The van der Waals surface area contributed by atoms with E-state index in [0.29, 0.717) is 53.0 Å². The van der Waals surface area contributed by atoms with Gasteiger partial charge in [0.25, 0.3) is 5.89 Å². The predicted octanol–water partition coefficient (Wildman–Crippen LogP) is 3.89. The highest BCUT2D eigenvalue weighted by Crippen LogP contribution is 2.37. The molecule has 0 saturated carbocycles. The molecule has 166 valence electrons. The molecule has 1 atom stereocenters. The molecule has 1 aliphatic heterocycles. The van der Waals surface area contributed by atoms with Crippen LogP contribution in [0.2, 0.25) is 0 Å². The first-order chi connectivity index (χ1) is 16.1. The maximum absolute atomic E-state index is 14.5. The Morgan fingerprint density at radius 3 is 2.85 bits per heavy atom. The lowest BCUT2D eigenvalue weighted by atomic mass is 10.0. The first kappa shape index (κ1) is 19.5. The maximum atomic E-state index is 14.5. The summed E-state index contributed by atoms with van der Waals surface area (Å²) >= 11 is 0. The van der Waals surface area contributed by atoms with Gasteiger partial charge >= 0.3 is 0 Å². The highest BCUT2D eigenvalue weighted by atomic mass is 19.1. The van der Waals surface area contributed by atoms with Gasteiger partial charge in [0.15, 0.2) is 5.65 Å². The molecule has 0 unspecified atom stereocenters.